The third-order valence-electron chi connectivity index (χ3n) is 4.74. The van der Waals surface area contributed by atoms with Gasteiger partial charge in [0.25, 0.3) is 0 Å². The Balaban J connectivity index is 2.15. The lowest BCUT2D eigenvalue weighted by Crippen LogP contribution is -2.17. The Labute approximate surface area is 139 Å². The topological polar surface area (TPSA) is 25.0 Å². The number of hydrogen-bond donors (Lipinski definition) is 1. The van der Waals surface area contributed by atoms with E-state index in [9.17, 15) is 0 Å². The van der Waals surface area contributed by atoms with Crippen LogP contribution in [0, 0.1) is 18.8 Å². The van der Waals surface area contributed by atoms with Crippen LogP contribution < -0.4 is 0 Å². The molecular weight excluding hydrogens is 282 g/mol. The van der Waals surface area contributed by atoms with Crippen molar-refractivity contribution in [3.63, 3.8) is 0 Å². The van der Waals surface area contributed by atoms with E-state index in [1.165, 1.54) is 27.6 Å². The summed E-state index contributed by atoms with van der Waals surface area (Å²) in [4.78, 5) is 3.40. The number of hydrogen-bond acceptors (Lipinski definition) is 1. The predicted molar refractivity (Wildman–Crippen MR) is 97.7 cm³/mol. The van der Waals surface area contributed by atoms with Crippen molar-refractivity contribution in [3.8, 4) is 0 Å². The molecule has 0 fully saturated rings. The molecule has 1 aliphatic rings. The number of fused-ring (bicyclic) bond motifs is 1. The van der Waals surface area contributed by atoms with Gasteiger partial charge in [-0.25, -0.2) is 0 Å². The van der Waals surface area contributed by atoms with Crippen LogP contribution >= 0.6 is 0 Å². The molecule has 1 aromatic heterocycles. The van der Waals surface area contributed by atoms with E-state index in [0.29, 0.717) is 11.8 Å². The van der Waals surface area contributed by atoms with Crippen molar-refractivity contribution in [2.24, 2.45) is 11.8 Å². The number of ether oxygens (including phenoxy) is 1. The van der Waals surface area contributed by atoms with Gasteiger partial charge >= 0.3 is 0 Å². The van der Waals surface area contributed by atoms with Crippen LogP contribution in [0.5, 0.6) is 0 Å². The monoisotopic (exact) mass is 309 g/mol. The number of aromatic nitrogens is 1. The van der Waals surface area contributed by atoms with Gasteiger partial charge in [0, 0.05) is 30.1 Å². The van der Waals surface area contributed by atoms with Crippen molar-refractivity contribution < 1.29 is 4.74 Å². The second-order valence-electron chi connectivity index (χ2n) is 7.00. The summed E-state index contributed by atoms with van der Waals surface area (Å²) in [5.74, 6) is 1.03. The Morgan fingerprint density at radius 2 is 2.13 bits per heavy atom. The molecule has 2 heteroatoms. The zero-order valence-corrected chi connectivity index (χ0v) is 14.6. The summed E-state index contributed by atoms with van der Waals surface area (Å²) >= 11 is 0. The zero-order valence-electron chi connectivity index (χ0n) is 14.6. The highest BCUT2D eigenvalue weighted by Gasteiger charge is 2.26. The lowest BCUT2D eigenvalue weighted by Gasteiger charge is -2.28. The van der Waals surface area contributed by atoms with E-state index in [0.717, 1.165) is 12.8 Å². The first-order valence-corrected chi connectivity index (χ1v) is 8.57. The van der Waals surface area contributed by atoms with Crippen LogP contribution in [0.2, 0.25) is 0 Å². The average molecular weight is 309 g/mol. The standard InChI is InChI=1S/C21H27NO/c1-14(2)12-17-13-15(3)20-18(10-11-22-20)19(17)21(23-4)16-8-6-5-7-9-16/h5-8,10-11,13-14,16,21-22H,9,12H2,1-4H3. The summed E-state index contributed by atoms with van der Waals surface area (Å²) in [6.45, 7) is 6.76. The summed E-state index contributed by atoms with van der Waals surface area (Å²) in [6, 6.07) is 4.55. The Morgan fingerprint density at radius 1 is 1.30 bits per heavy atom. The minimum atomic E-state index is 0.101. The second-order valence-corrected chi connectivity index (χ2v) is 7.00. The molecule has 2 atom stereocenters. The van der Waals surface area contributed by atoms with E-state index >= 15 is 0 Å². The van der Waals surface area contributed by atoms with E-state index in [1.54, 1.807) is 0 Å². The summed E-state index contributed by atoms with van der Waals surface area (Å²) in [7, 11) is 1.84. The van der Waals surface area contributed by atoms with Crippen molar-refractivity contribution in [2.75, 3.05) is 7.11 Å². The molecule has 2 nitrogen and oxygen atoms in total. The molecule has 0 bridgehead atoms. The van der Waals surface area contributed by atoms with E-state index in [1.807, 2.05) is 13.3 Å². The van der Waals surface area contributed by atoms with Crippen molar-refractivity contribution >= 4 is 10.9 Å². The maximum Gasteiger partial charge on any atom is 0.0895 e. The minimum Gasteiger partial charge on any atom is -0.376 e. The maximum atomic E-state index is 6.02. The molecule has 0 amide bonds. The van der Waals surface area contributed by atoms with Gasteiger partial charge in [0.1, 0.15) is 0 Å². The SMILES string of the molecule is COC(c1c(CC(C)C)cc(C)c2[nH]ccc12)C1C=CC=CC1. The molecule has 23 heavy (non-hydrogen) atoms. The fourth-order valence-corrected chi connectivity index (χ4v) is 3.78. The molecule has 0 radical (unpaired) electrons. The van der Waals surface area contributed by atoms with Crippen molar-refractivity contribution in [2.45, 2.75) is 39.7 Å². The largest absolute Gasteiger partial charge is 0.376 e. The van der Waals surface area contributed by atoms with Crippen LogP contribution in [0.15, 0.2) is 42.6 Å². The molecule has 1 N–H and O–H groups in total. The molecule has 122 valence electrons. The van der Waals surface area contributed by atoms with E-state index in [-0.39, 0.29) is 6.10 Å². The highest BCUT2D eigenvalue weighted by molar-refractivity contribution is 5.87. The third-order valence-corrected chi connectivity index (χ3v) is 4.74. The highest BCUT2D eigenvalue weighted by atomic mass is 16.5. The molecule has 1 heterocycles. The number of aromatic amines is 1. The Hall–Kier alpha value is -1.80. The predicted octanol–water partition coefficient (Wildman–Crippen LogP) is 5.49. The molecule has 2 aromatic rings. The van der Waals surface area contributed by atoms with Crippen LogP contribution in [0.1, 0.15) is 43.1 Å². The van der Waals surface area contributed by atoms with Gasteiger partial charge in [0.05, 0.1) is 6.10 Å². The number of methoxy groups -OCH3 is 1. The van der Waals surface area contributed by atoms with Crippen molar-refractivity contribution in [1.82, 2.24) is 4.98 Å². The second kappa shape index (κ2) is 6.76. The van der Waals surface area contributed by atoms with Crippen LogP contribution in [-0.2, 0) is 11.2 Å². The maximum absolute atomic E-state index is 6.02. The zero-order chi connectivity index (χ0) is 16.4. The first kappa shape index (κ1) is 16.1. The highest BCUT2D eigenvalue weighted by Crippen LogP contribution is 2.39. The number of aryl methyl sites for hydroxylation is 1. The smallest absolute Gasteiger partial charge is 0.0895 e. The average Bonchev–Trinajstić information content (AvgIpc) is 3.01. The van der Waals surface area contributed by atoms with Crippen LogP contribution in [0.25, 0.3) is 10.9 Å². The number of benzene rings is 1. The van der Waals surface area contributed by atoms with Crippen molar-refractivity contribution in [1.29, 1.82) is 0 Å². The lowest BCUT2D eigenvalue weighted by molar-refractivity contribution is 0.0690. The molecule has 1 aliphatic carbocycles. The molecule has 0 saturated carbocycles. The molecule has 1 aromatic carbocycles. The number of rotatable bonds is 5. The van der Waals surface area contributed by atoms with Gasteiger partial charge in [-0.3, -0.25) is 0 Å². The quantitative estimate of drug-likeness (QED) is 0.775. The first-order chi connectivity index (χ1) is 11.1. The Bertz CT molecular complexity index is 736. The molecule has 2 unspecified atom stereocenters. The van der Waals surface area contributed by atoms with Crippen LogP contribution in [0.4, 0.5) is 0 Å². The lowest BCUT2D eigenvalue weighted by atomic mass is 9.83. The van der Waals surface area contributed by atoms with Gasteiger partial charge in [0.15, 0.2) is 0 Å². The normalized spacial score (nSPS) is 18.9. The Morgan fingerprint density at radius 3 is 2.78 bits per heavy atom. The summed E-state index contributed by atoms with van der Waals surface area (Å²) in [5, 5.41) is 1.32. The first-order valence-electron chi connectivity index (χ1n) is 8.57. The summed E-state index contributed by atoms with van der Waals surface area (Å²) in [5.41, 5.74) is 5.36. The van der Waals surface area contributed by atoms with Crippen molar-refractivity contribution in [3.05, 3.63) is 59.3 Å². The van der Waals surface area contributed by atoms with E-state index in [4.69, 9.17) is 4.74 Å². The van der Waals surface area contributed by atoms with Crippen LogP contribution in [-0.4, -0.2) is 12.1 Å². The molecule has 0 aliphatic heterocycles. The van der Waals surface area contributed by atoms with Gasteiger partial charge < -0.3 is 9.72 Å². The van der Waals surface area contributed by atoms with Gasteiger partial charge in [-0.15, -0.1) is 0 Å². The van der Waals surface area contributed by atoms with Crippen LogP contribution in [0.3, 0.4) is 0 Å². The minimum absolute atomic E-state index is 0.101. The van der Waals surface area contributed by atoms with Gasteiger partial charge in [-0.05, 0) is 48.4 Å². The third kappa shape index (κ3) is 3.13. The fraction of sp³-hybridized carbons (Fsp3) is 0.429. The van der Waals surface area contributed by atoms with E-state index in [2.05, 4.69) is 62.2 Å². The summed E-state index contributed by atoms with van der Waals surface area (Å²) < 4.78 is 6.02. The number of allylic oxidation sites excluding steroid dienone is 3. The van der Waals surface area contributed by atoms with Gasteiger partial charge in [-0.1, -0.05) is 44.2 Å². The molecule has 0 spiro atoms. The fourth-order valence-electron chi connectivity index (χ4n) is 3.78. The molecule has 0 saturated heterocycles. The molecular formula is C21H27NO. The van der Waals surface area contributed by atoms with Gasteiger partial charge in [0.2, 0.25) is 0 Å². The number of nitrogens with one attached hydrogen (secondary N) is 1. The van der Waals surface area contributed by atoms with Gasteiger partial charge in [-0.2, -0.15) is 0 Å². The molecule has 3 rings (SSSR count). The summed E-state index contributed by atoms with van der Waals surface area (Å²) in [6.07, 6.45) is 13.1. The number of H-pyrrole nitrogens is 1. The van der Waals surface area contributed by atoms with E-state index < -0.39 is 0 Å². The Kier molecular flexibility index (Phi) is 4.72.